The van der Waals surface area contributed by atoms with Crippen LogP contribution in [0.25, 0.3) is 5.69 Å². The molecule has 1 amide bonds. The summed E-state index contributed by atoms with van der Waals surface area (Å²) < 4.78 is 12.9. The maximum atomic E-state index is 12.8. The van der Waals surface area contributed by atoms with E-state index in [0.717, 1.165) is 23.4 Å². The number of aromatic nitrogens is 2. The highest BCUT2D eigenvalue weighted by molar-refractivity contribution is 6.05. The number of rotatable bonds is 5. The molecule has 2 N–H and O–H groups in total. The lowest BCUT2D eigenvalue weighted by Gasteiger charge is -2.13. The second-order valence-electron chi connectivity index (χ2n) is 6.62. The van der Waals surface area contributed by atoms with Crippen LogP contribution in [0, 0.1) is 0 Å². The molecular formula is C21H21N3O4. The molecule has 0 saturated carbocycles. The van der Waals surface area contributed by atoms with Crippen molar-refractivity contribution in [2.24, 2.45) is 0 Å². The van der Waals surface area contributed by atoms with Crippen LogP contribution in [0.5, 0.6) is 17.2 Å². The molecule has 1 aromatic heterocycles. The largest absolute Gasteiger partial charge is 0.504 e. The third-order valence-electron chi connectivity index (χ3n) is 4.48. The van der Waals surface area contributed by atoms with Gasteiger partial charge in [-0.15, -0.1) is 0 Å². The van der Waals surface area contributed by atoms with Crippen molar-refractivity contribution in [3.05, 3.63) is 59.9 Å². The fourth-order valence-corrected chi connectivity index (χ4v) is 3.23. The Labute approximate surface area is 162 Å². The Hall–Kier alpha value is -3.48. The molecule has 1 unspecified atom stereocenters. The van der Waals surface area contributed by atoms with Gasteiger partial charge in [-0.3, -0.25) is 4.79 Å². The van der Waals surface area contributed by atoms with Crippen LogP contribution in [0.2, 0.25) is 0 Å². The normalized spacial score (nSPS) is 15.0. The Morgan fingerprint density at radius 2 is 2.14 bits per heavy atom. The highest BCUT2D eigenvalue weighted by Gasteiger charge is 2.24. The van der Waals surface area contributed by atoms with Crippen molar-refractivity contribution in [1.82, 2.24) is 9.78 Å². The van der Waals surface area contributed by atoms with E-state index in [4.69, 9.17) is 9.47 Å². The van der Waals surface area contributed by atoms with Crippen molar-refractivity contribution in [2.75, 3.05) is 11.9 Å². The van der Waals surface area contributed by atoms with Crippen molar-refractivity contribution < 1.29 is 19.4 Å². The topological polar surface area (TPSA) is 85.6 Å². The molecule has 7 heteroatoms. The first-order valence-electron chi connectivity index (χ1n) is 9.17. The SMILES string of the molecule is CCOc1cc2c(cc1NC(=O)c1nn(-c3ccccc3)cc1O)OC(C)C2. The Morgan fingerprint density at radius 1 is 1.36 bits per heavy atom. The van der Waals surface area contributed by atoms with Gasteiger partial charge in [0.25, 0.3) is 5.91 Å². The lowest BCUT2D eigenvalue weighted by atomic mass is 10.1. The number of hydrogen-bond acceptors (Lipinski definition) is 5. The van der Waals surface area contributed by atoms with Crippen LogP contribution in [0.1, 0.15) is 29.9 Å². The minimum absolute atomic E-state index is 0.0684. The minimum Gasteiger partial charge on any atom is -0.504 e. The quantitative estimate of drug-likeness (QED) is 0.708. The second kappa shape index (κ2) is 7.26. The number of para-hydroxylation sites is 1. The first kappa shape index (κ1) is 17.9. The van der Waals surface area contributed by atoms with Gasteiger partial charge in [-0.25, -0.2) is 4.68 Å². The van der Waals surface area contributed by atoms with Gasteiger partial charge >= 0.3 is 0 Å². The van der Waals surface area contributed by atoms with Crippen molar-refractivity contribution >= 4 is 11.6 Å². The van der Waals surface area contributed by atoms with Crippen molar-refractivity contribution in [3.63, 3.8) is 0 Å². The summed E-state index contributed by atoms with van der Waals surface area (Å²) in [5.74, 6) is 0.559. The molecule has 1 aliphatic heterocycles. The molecule has 0 radical (unpaired) electrons. The lowest BCUT2D eigenvalue weighted by Crippen LogP contribution is -2.14. The van der Waals surface area contributed by atoms with E-state index in [1.807, 2.05) is 50.2 Å². The predicted octanol–water partition coefficient (Wildman–Crippen LogP) is 3.55. The second-order valence-corrected chi connectivity index (χ2v) is 6.62. The Balaban J connectivity index is 1.62. The van der Waals surface area contributed by atoms with E-state index in [0.29, 0.717) is 18.0 Å². The zero-order valence-corrected chi connectivity index (χ0v) is 15.7. The number of ether oxygens (including phenoxy) is 2. The number of nitrogens with zero attached hydrogens (tertiary/aromatic N) is 2. The summed E-state index contributed by atoms with van der Waals surface area (Å²) in [7, 11) is 0. The summed E-state index contributed by atoms with van der Waals surface area (Å²) in [6, 6.07) is 12.9. The van der Waals surface area contributed by atoms with E-state index < -0.39 is 5.91 Å². The number of nitrogens with one attached hydrogen (secondary N) is 1. The van der Waals surface area contributed by atoms with Gasteiger partial charge < -0.3 is 19.9 Å². The first-order chi connectivity index (χ1) is 13.5. The highest BCUT2D eigenvalue weighted by Crippen LogP contribution is 2.38. The third kappa shape index (κ3) is 3.38. The molecule has 0 spiro atoms. The van der Waals surface area contributed by atoms with Gasteiger partial charge in [0.1, 0.15) is 17.6 Å². The van der Waals surface area contributed by atoms with Crippen molar-refractivity contribution in [3.8, 4) is 22.9 Å². The summed E-state index contributed by atoms with van der Waals surface area (Å²) in [6.07, 6.45) is 2.29. The van der Waals surface area contributed by atoms with Crippen molar-refractivity contribution in [1.29, 1.82) is 0 Å². The molecule has 0 bridgehead atoms. The van der Waals surface area contributed by atoms with Gasteiger partial charge in [-0.05, 0) is 32.0 Å². The summed E-state index contributed by atoms with van der Waals surface area (Å²) in [4.78, 5) is 12.8. The van der Waals surface area contributed by atoms with E-state index >= 15 is 0 Å². The van der Waals surface area contributed by atoms with Crippen LogP contribution in [-0.4, -0.2) is 33.5 Å². The number of fused-ring (bicyclic) bond motifs is 1. The zero-order valence-electron chi connectivity index (χ0n) is 15.7. The monoisotopic (exact) mass is 379 g/mol. The van der Waals surface area contributed by atoms with Gasteiger partial charge in [0.2, 0.25) is 0 Å². The molecule has 28 heavy (non-hydrogen) atoms. The van der Waals surface area contributed by atoms with E-state index in [1.165, 1.54) is 10.9 Å². The van der Waals surface area contributed by atoms with E-state index in [1.54, 1.807) is 6.07 Å². The van der Waals surface area contributed by atoms with Crippen LogP contribution < -0.4 is 14.8 Å². The molecule has 1 aliphatic rings. The average molecular weight is 379 g/mol. The van der Waals surface area contributed by atoms with E-state index in [2.05, 4.69) is 10.4 Å². The summed E-state index contributed by atoms with van der Waals surface area (Å²) in [5.41, 5.74) is 2.20. The van der Waals surface area contributed by atoms with Crippen LogP contribution >= 0.6 is 0 Å². The van der Waals surface area contributed by atoms with Gasteiger partial charge in [0, 0.05) is 18.1 Å². The molecular weight excluding hydrogens is 358 g/mol. The van der Waals surface area contributed by atoms with Gasteiger partial charge in [0.15, 0.2) is 11.4 Å². The Morgan fingerprint density at radius 3 is 2.89 bits per heavy atom. The van der Waals surface area contributed by atoms with Gasteiger partial charge in [0.05, 0.1) is 24.2 Å². The molecule has 2 aromatic carbocycles. The van der Waals surface area contributed by atoms with E-state index in [-0.39, 0.29) is 17.5 Å². The summed E-state index contributed by atoms with van der Waals surface area (Å²) >= 11 is 0. The molecule has 0 fully saturated rings. The molecule has 7 nitrogen and oxygen atoms in total. The number of aromatic hydroxyl groups is 1. The molecule has 3 aromatic rings. The average Bonchev–Trinajstić information content (AvgIpc) is 3.24. The molecule has 0 saturated heterocycles. The molecule has 2 heterocycles. The smallest absolute Gasteiger partial charge is 0.280 e. The maximum absolute atomic E-state index is 12.8. The summed E-state index contributed by atoms with van der Waals surface area (Å²) in [6.45, 7) is 4.34. The number of amides is 1. The van der Waals surface area contributed by atoms with Gasteiger partial charge in [-0.2, -0.15) is 5.10 Å². The molecule has 144 valence electrons. The van der Waals surface area contributed by atoms with Crippen LogP contribution in [0.4, 0.5) is 5.69 Å². The standard InChI is InChI=1S/C21H21N3O4/c1-3-27-19-10-14-9-13(2)28-18(14)11-16(19)22-21(26)20-17(25)12-24(23-20)15-7-5-4-6-8-15/h4-8,10-13,25H,3,9H2,1-2H3,(H,22,26). The number of benzene rings is 2. The van der Waals surface area contributed by atoms with Crippen molar-refractivity contribution in [2.45, 2.75) is 26.4 Å². The maximum Gasteiger partial charge on any atom is 0.280 e. The number of carbonyl (C=O) groups excluding carboxylic acids is 1. The minimum atomic E-state index is -0.529. The number of hydrogen-bond donors (Lipinski definition) is 2. The van der Waals surface area contributed by atoms with Crippen LogP contribution in [0.3, 0.4) is 0 Å². The van der Waals surface area contributed by atoms with Crippen LogP contribution in [-0.2, 0) is 6.42 Å². The van der Waals surface area contributed by atoms with Gasteiger partial charge in [-0.1, -0.05) is 18.2 Å². The Bertz CT molecular complexity index is 1010. The van der Waals surface area contributed by atoms with E-state index in [9.17, 15) is 9.90 Å². The highest BCUT2D eigenvalue weighted by atomic mass is 16.5. The number of anilines is 1. The van der Waals surface area contributed by atoms with Crippen LogP contribution in [0.15, 0.2) is 48.7 Å². The molecule has 0 aliphatic carbocycles. The zero-order chi connectivity index (χ0) is 19.7. The Kier molecular flexibility index (Phi) is 4.65. The first-order valence-corrected chi connectivity index (χ1v) is 9.17. The fraction of sp³-hybridized carbons (Fsp3) is 0.238. The molecule has 4 rings (SSSR count). The number of carbonyl (C=O) groups is 1. The molecule has 1 atom stereocenters. The summed E-state index contributed by atoms with van der Waals surface area (Å²) in [5, 5.41) is 17.2. The lowest BCUT2D eigenvalue weighted by molar-refractivity contribution is 0.101. The third-order valence-corrected chi connectivity index (χ3v) is 4.48. The fourth-order valence-electron chi connectivity index (χ4n) is 3.23. The predicted molar refractivity (Wildman–Crippen MR) is 105 cm³/mol.